The van der Waals surface area contributed by atoms with Gasteiger partial charge >= 0.3 is 0 Å². The fourth-order valence-electron chi connectivity index (χ4n) is 2.53. The molecule has 0 spiro atoms. The minimum absolute atomic E-state index is 0.921. The molecule has 3 nitrogen and oxygen atoms in total. The summed E-state index contributed by atoms with van der Waals surface area (Å²) in [6.45, 7) is 2.10. The van der Waals surface area contributed by atoms with E-state index in [2.05, 4.69) is 51.3 Å². The summed E-state index contributed by atoms with van der Waals surface area (Å²) in [6, 6.07) is 16.4. The molecule has 0 saturated carbocycles. The molecule has 4 aromatic rings. The Labute approximate surface area is 140 Å². The van der Waals surface area contributed by atoms with Gasteiger partial charge in [-0.25, -0.2) is 4.98 Å². The van der Waals surface area contributed by atoms with Crippen LogP contribution >= 0.6 is 27.3 Å². The summed E-state index contributed by atoms with van der Waals surface area (Å²) in [5, 5.41) is 9.58. The second-order valence-corrected chi connectivity index (χ2v) is 7.17. The molecule has 22 heavy (non-hydrogen) atoms. The van der Waals surface area contributed by atoms with Gasteiger partial charge in [0, 0.05) is 20.3 Å². The predicted molar refractivity (Wildman–Crippen MR) is 95.1 cm³/mol. The van der Waals surface area contributed by atoms with Gasteiger partial charge in [0.05, 0.1) is 11.2 Å². The molecule has 0 atom stereocenters. The van der Waals surface area contributed by atoms with Gasteiger partial charge in [-0.3, -0.25) is 5.10 Å². The summed E-state index contributed by atoms with van der Waals surface area (Å²) in [4.78, 5) is 6.02. The standard InChI is InChI=1S/C17H12BrN3S/c1-10-15(11-5-4-6-12(18)9-11)19-17(22-10)16-13-7-2-3-8-14(13)20-21-16/h2-9H,1H3,(H,20,21). The van der Waals surface area contributed by atoms with Gasteiger partial charge in [-0.2, -0.15) is 5.10 Å². The Hall–Kier alpha value is -1.98. The lowest BCUT2D eigenvalue weighted by atomic mass is 10.1. The van der Waals surface area contributed by atoms with Crippen molar-refractivity contribution in [2.24, 2.45) is 0 Å². The largest absolute Gasteiger partial charge is 0.277 e. The Bertz CT molecular complexity index is 971. The fourth-order valence-corrected chi connectivity index (χ4v) is 3.87. The number of H-pyrrole nitrogens is 1. The molecule has 5 heteroatoms. The summed E-state index contributed by atoms with van der Waals surface area (Å²) in [5.74, 6) is 0. The Kier molecular flexibility index (Phi) is 3.32. The lowest BCUT2D eigenvalue weighted by Gasteiger charge is -1.99. The number of aryl methyl sites for hydroxylation is 1. The van der Waals surface area contributed by atoms with Gasteiger partial charge in [-0.05, 0) is 25.1 Å². The van der Waals surface area contributed by atoms with E-state index in [4.69, 9.17) is 4.98 Å². The maximum Gasteiger partial charge on any atom is 0.145 e. The van der Waals surface area contributed by atoms with Gasteiger partial charge in [0.1, 0.15) is 10.7 Å². The number of rotatable bonds is 2. The van der Waals surface area contributed by atoms with Crippen LogP contribution in [-0.4, -0.2) is 15.2 Å². The SMILES string of the molecule is Cc1sc(-c2n[nH]c3ccccc23)nc1-c1cccc(Br)c1. The van der Waals surface area contributed by atoms with E-state index in [-0.39, 0.29) is 0 Å². The number of thiazole rings is 1. The van der Waals surface area contributed by atoms with Gasteiger partial charge in [-0.1, -0.05) is 46.3 Å². The van der Waals surface area contributed by atoms with Crippen LogP contribution in [-0.2, 0) is 0 Å². The third-order valence-corrected chi connectivity index (χ3v) is 5.04. The van der Waals surface area contributed by atoms with Crippen molar-refractivity contribution in [1.29, 1.82) is 0 Å². The molecule has 0 aliphatic rings. The third kappa shape index (κ3) is 2.26. The van der Waals surface area contributed by atoms with Gasteiger partial charge in [0.2, 0.25) is 0 Å². The number of hydrogen-bond acceptors (Lipinski definition) is 3. The first-order valence-corrected chi connectivity index (χ1v) is 8.50. The van der Waals surface area contributed by atoms with Crippen LogP contribution in [0, 0.1) is 6.92 Å². The predicted octanol–water partition coefficient (Wildman–Crippen LogP) is 5.42. The smallest absolute Gasteiger partial charge is 0.145 e. The Morgan fingerprint density at radius 1 is 1.05 bits per heavy atom. The average molecular weight is 370 g/mol. The summed E-state index contributed by atoms with van der Waals surface area (Å²) >= 11 is 5.20. The number of nitrogens with one attached hydrogen (secondary N) is 1. The summed E-state index contributed by atoms with van der Waals surface area (Å²) in [7, 11) is 0. The van der Waals surface area contributed by atoms with Gasteiger partial charge in [0.25, 0.3) is 0 Å². The maximum absolute atomic E-state index is 4.83. The number of aromatic amines is 1. The van der Waals surface area contributed by atoms with Crippen molar-refractivity contribution in [1.82, 2.24) is 15.2 Å². The van der Waals surface area contributed by atoms with E-state index in [1.807, 2.05) is 30.3 Å². The highest BCUT2D eigenvalue weighted by Gasteiger charge is 2.15. The lowest BCUT2D eigenvalue weighted by Crippen LogP contribution is -1.82. The summed E-state index contributed by atoms with van der Waals surface area (Å²) in [6.07, 6.45) is 0. The third-order valence-electron chi connectivity index (χ3n) is 3.57. The Morgan fingerprint density at radius 2 is 1.91 bits per heavy atom. The molecule has 2 aromatic carbocycles. The van der Waals surface area contributed by atoms with E-state index in [1.54, 1.807) is 11.3 Å². The first-order chi connectivity index (χ1) is 10.7. The molecule has 108 valence electrons. The van der Waals surface area contributed by atoms with Crippen LogP contribution in [0.15, 0.2) is 53.0 Å². The van der Waals surface area contributed by atoms with Crippen molar-refractivity contribution in [2.75, 3.05) is 0 Å². The Morgan fingerprint density at radius 3 is 2.77 bits per heavy atom. The highest BCUT2D eigenvalue weighted by atomic mass is 79.9. The molecule has 0 unspecified atom stereocenters. The van der Waals surface area contributed by atoms with Crippen LogP contribution in [0.5, 0.6) is 0 Å². The van der Waals surface area contributed by atoms with E-state index in [0.717, 1.165) is 37.3 Å². The summed E-state index contributed by atoms with van der Waals surface area (Å²) < 4.78 is 1.06. The number of benzene rings is 2. The topological polar surface area (TPSA) is 41.6 Å². The average Bonchev–Trinajstić information content (AvgIpc) is 3.10. The fraction of sp³-hybridized carbons (Fsp3) is 0.0588. The molecule has 4 rings (SSSR count). The normalized spacial score (nSPS) is 11.2. The van der Waals surface area contributed by atoms with Crippen molar-refractivity contribution in [2.45, 2.75) is 6.92 Å². The molecule has 0 aliphatic heterocycles. The van der Waals surface area contributed by atoms with E-state index in [0.29, 0.717) is 0 Å². The highest BCUT2D eigenvalue weighted by Crippen LogP contribution is 2.35. The van der Waals surface area contributed by atoms with Crippen LogP contribution < -0.4 is 0 Å². The number of nitrogens with zero attached hydrogens (tertiary/aromatic N) is 2. The Balaban J connectivity index is 1.86. The van der Waals surface area contributed by atoms with Crippen molar-refractivity contribution in [3.8, 4) is 22.0 Å². The van der Waals surface area contributed by atoms with Gasteiger partial charge in [0.15, 0.2) is 0 Å². The molecule has 1 N–H and O–H groups in total. The zero-order valence-electron chi connectivity index (χ0n) is 11.8. The minimum Gasteiger partial charge on any atom is -0.277 e. The number of halogens is 1. The summed E-state index contributed by atoms with van der Waals surface area (Å²) in [5.41, 5.74) is 4.10. The number of hydrogen-bond donors (Lipinski definition) is 1. The molecule has 0 amide bonds. The van der Waals surface area contributed by atoms with E-state index >= 15 is 0 Å². The lowest BCUT2D eigenvalue weighted by molar-refractivity contribution is 1.12. The van der Waals surface area contributed by atoms with Crippen molar-refractivity contribution in [3.63, 3.8) is 0 Å². The van der Waals surface area contributed by atoms with Gasteiger partial charge in [-0.15, -0.1) is 11.3 Å². The van der Waals surface area contributed by atoms with Crippen molar-refractivity contribution in [3.05, 3.63) is 57.9 Å². The van der Waals surface area contributed by atoms with Crippen molar-refractivity contribution < 1.29 is 0 Å². The molecule has 0 saturated heterocycles. The maximum atomic E-state index is 4.83. The highest BCUT2D eigenvalue weighted by molar-refractivity contribution is 9.10. The molecule has 0 bridgehead atoms. The zero-order chi connectivity index (χ0) is 15.1. The monoisotopic (exact) mass is 369 g/mol. The number of para-hydroxylation sites is 1. The second kappa shape index (κ2) is 5.34. The molecular formula is C17H12BrN3S. The molecule has 2 heterocycles. The molecule has 0 radical (unpaired) electrons. The number of fused-ring (bicyclic) bond motifs is 1. The second-order valence-electron chi connectivity index (χ2n) is 5.05. The molecular weight excluding hydrogens is 358 g/mol. The van der Waals surface area contributed by atoms with Crippen molar-refractivity contribution >= 4 is 38.2 Å². The van der Waals surface area contributed by atoms with Crippen LogP contribution in [0.4, 0.5) is 0 Å². The minimum atomic E-state index is 0.921. The van der Waals surface area contributed by atoms with Crippen LogP contribution in [0.25, 0.3) is 32.9 Å². The zero-order valence-corrected chi connectivity index (χ0v) is 14.2. The van der Waals surface area contributed by atoms with E-state index in [9.17, 15) is 0 Å². The van der Waals surface area contributed by atoms with E-state index < -0.39 is 0 Å². The molecule has 0 fully saturated rings. The molecule has 0 aliphatic carbocycles. The first kappa shape index (κ1) is 13.7. The van der Waals surface area contributed by atoms with E-state index in [1.165, 1.54) is 4.88 Å². The van der Waals surface area contributed by atoms with Crippen LogP contribution in [0.1, 0.15) is 4.88 Å². The van der Waals surface area contributed by atoms with Crippen LogP contribution in [0.2, 0.25) is 0 Å². The first-order valence-electron chi connectivity index (χ1n) is 6.89. The molecule has 2 aromatic heterocycles. The number of aromatic nitrogens is 3. The quantitative estimate of drug-likeness (QED) is 0.512. The van der Waals surface area contributed by atoms with Crippen LogP contribution in [0.3, 0.4) is 0 Å². The van der Waals surface area contributed by atoms with Gasteiger partial charge < -0.3 is 0 Å².